The fourth-order valence-corrected chi connectivity index (χ4v) is 6.26. The highest BCUT2D eigenvalue weighted by Gasteiger charge is 2.32. The van der Waals surface area contributed by atoms with Crippen molar-refractivity contribution in [1.82, 2.24) is 19.4 Å². The van der Waals surface area contributed by atoms with Crippen LogP contribution in [0.5, 0.6) is 0 Å². The number of hydrogen-bond donors (Lipinski definition) is 1. The quantitative estimate of drug-likeness (QED) is 0.442. The lowest BCUT2D eigenvalue weighted by atomic mass is 9.72. The summed E-state index contributed by atoms with van der Waals surface area (Å²) in [6.07, 6.45) is 2.88. The summed E-state index contributed by atoms with van der Waals surface area (Å²) in [4.78, 5) is 33.1. The molecule has 184 valence electrons. The van der Waals surface area contributed by atoms with Crippen LogP contribution in [0, 0.1) is 32.1 Å². The molecule has 1 unspecified atom stereocenters. The molecule has 1 aliphatic rings. The smallest absolute Gasteiger partial charge is 0.305 e. The number of hydrogen-bond acceptors (Lipinski definition) is 6. The standard InChI is InChI=1S/C26H31N5O3S/c1-14-11-15(2)30(28-14)13-18-8-10-20(34-18)23(32)29-31-16(3)27-24-22(25(31)33)19-9-7-17(26(4,5)6)12-21(19)35-24/h8,10-11,17H,7,9,12-13H2,1-6H3,(H,29,32). The third-order valence-corrected chi connectivity index (χ3v) is 8.13. The van der Waals surface area contributed by atoms with Gasteiger partial charge in [-0.2, -0.15) is 5.10 Å². The molecule has 0 aliphatic heterocycles. The zero-order chi connectivity index (χ0) is 25.1. The first-order valence-electron chi connectivity index (χ1n) is 12.0. The molecule has 4 aromatic heterocycles. The van der Waals surface area contributed by atoms with E-state index in [1.165, 1.54) is 9.55 Å². The number of carbonyl (C=O) groups excluding carboxylic acids is 1. The molecule has 1 N–H and O–H groups in total. The lowest BCUT2D eigenvalue weighted by Crippen LogP contribution is -2.35. The number of carbonyl (C=O) groups is 1. The van der Waals surface area contributed by atoms with E-state index < -0.39 is 5.91 Å². The van der Waals surface area contributed by atoms with Gasteiger partial charge in [-0.25, -0.2) is 9.66 Å². The van der Waals surface area contributed by atoms with E-state index in [9.17, 15) is 9.59 Å². The van der Waals surface area contributed by atoms with Crippen LogP contribution in [0.4, 0.5) is 0 Å². The normalized spacial score (nSPS) is 16.0. The zero-order valence-corrected chi connectivity index (χ0v) is 21.9. The predicted octanol–water partition coefficient (Wildman–Crippen LogP) is 4.76. The Labute approximate surface area is 207 Å². The van der Waals surface area contributed by atoms with Crippen molar-refractivity contribution in [2.75, 3.05) is 5.43 Å². The van der Waals surface area contributed by atoms with E-state index in [1.807, 2.05) is 24.6 Å². The highest BCUT2D eigenvalue weighted by Crippen LogP contribution is 2.42. The number of nitrogens with one attached hydrogen (secondary N) is 1. The fraction of sp³-hybridized carbons (Fsp3) is 0.462. The maximum atomic E-state index is 13.5. The van der Waals surface area contributed by atoms with Crippen LogP contribution in [-0.4, -0.2) is 25.3 Å². The predicted molar refractivity (Wildman–Crippen MR) is 137 cm³/mol. The van der Waals surface area contributed by atoms with Crippen LogP contribution in [0.3, 0.4) is 0 Å². The topological polar surface area (TPSA) is 95.0 Å². The molecule has 1 aliphatic carbocycles. The summed E-state index contributed by atoms with van der Waals surface area (Å²) in [5.74, 6) is 1.27. The Kier molecular flexibility index (Phi) is 5.70. The molecule has 0 bridgehead atoms. The summed E-state index contributed by atoms with van der Waals surface area (Å²) in [6.45, 7) is 12.9. The Hall–Kier alpha value is -3.20. The molecule has 0 saturated heterocycles. The lowest BCUT2D eigenvalue weighted by Gasteiger charge is -2.33. The number of furan rings is 1. The van der Waals surface area contributed by atoms with E-state index in [-0.39, 0.29) is 16.7 Å². The molecule has 0 radical (unpaired) electrons. The van der Waals surface area contributed by atoms with Gasteiger partial charge in [0.05, 0.1) is 17.6 Å². The second kappa shape index (κ2) is 8.48. The molecule has 4 heterocycles. The number of rotatable bonds is 4. The van der Waals surface area contributed by atoms with Gasteiger partial charge in [0.2, 0.25) is 0 Å². The van der Waals surface area contributed by atoms with E-state index >= 15 is 0 Å². The molecular formula is C26H31N5O3S. The van der Waals surface area contributed by atoms with Crippen LogP contribution in [0.15, 0.2) is 27.4 Å². The average Bonchev–Trinajstić information content (AvgIpc) is 3.47. The van der Waals surface area contributed by atoms with Gasteiger partial charge in [0.25, 0.3) is 5.56 Å². The minimum absolute atomic E-state index is 0.133. The first-order valence-corrected chi connectivity index (χ1v) is 12.8. The van der Waals surface area contributed by atoms with Gasteiger partial charge in [-0.1, -0.05) is 20.8 Å². The lowest BCUT2D eigenvalue weighted by molar-refractivity contribution is 0.0978. The van der Waals surface area contributed by atoms with Crippen molar-refractivity contribution in [2.24, 2.45) is 11.3 Å². The maximum Gasteiger partial charge on any atom is 0.305 e. The number of aryl methyl sites for hydroxylation is 4. The van der Waals surface area contributed by atoms with Crippen molar-refractivity contribution in [3.63, 3.8) is 0 Å². The van der Waals surface area contributed by atoms with Crippen molar-refractivity contribution >= 4 is 27.5 Å². The number of thiophene rings is 1. The molecule has 35 heavy (non-hydrogen) atoms. The largest absolute Gasteiger partial charge is 0.454 e. The summed E-state index contributed by atoms with van der Waals surface area (Å²) < 4.78 is 8.84. The summed E-state index contributed by atoms with van der Waals surface area (Å²) in [5, 5.41) is 5.06. The molecule has 5 rings (SSSR count). The van der Waals surface area contributed by atoms with Crippen molar-refractivity contribution < 1.29 is 9.21 Å². The number of fused-ring (bicyclic) bond motifs is 3. The van der Waals surface area contributed by atoms with Crippen molar-refractivity contribution in [3.05, 3.63) is 67.7 Å². The third kappa shape index (κ3) is 4.33. The van der Waals surface area contributed by atoms with Gasteiger partial charge >= 0.3 is 5.91 Å². The van der Waals surface area contributed by atoms with Crippen molar-refractivity contribution in [1.29, 1.82) is 0 Å². The van der Waals surface area contributed by atoms with Crippen LogP contribution in [-0.2, 0) is 19.4 Å². The molecule has 1 atom stereocenters. The summed E-state index contributed by atoms with van der Waals surface area (Å²) in [6, 6.07) is 5.35. The first-order chi connectivity index (χ1) is 16.5. The van der Waals surface area contributed by atoms with E-state index in [0.29, 0.717) is 29.4 Å². The molecule has 8 nitrogen and oxygen atoms in total. The SMILES string of the molecule is Cc1cc(C)n(Cc2ccc(C(=O)Nn3c(C)nc4sc5c(c4c3=O)CCC(C(C)(C)C)C5)o2)n1. The van der Waals surface area contributed by atoms with Gasteiger partial charge in [0, 0.05) is 10.6 Å². The minimum Gasteiger partial charge on any atom is -0.454 e. The van der Waals surface area contributed by atoms with Gasteiger partial charge in [0.1, 0.15) is 16.4 Å². The zero-order valence-electron chi connectivity index (χ0n) is 21.1. The molecule has 0 fully saturated rings. The highest BCUT2D eigenvalue weighted by atomic mass is 32.1. The van der Waals surface area contributed by atoms with E-state index in [0.717, 1.165) is 41.0 Å². The van der Waals surface area contributed by atoms with Crippen molar-refractivity contribution in [2.45, 2.75) is 67.3 Å². The Morgan fingerprint density at radius 1 is 1.26 bits per heavy atom. The third-order valence-electron chi connectivity index (χ3n) is 6.98. The fourth-order valence-electron chi connectivity index (χ4n) is 4.92. The Balaban J connectivity index is 1.41. The van der Waals surface area contributed by atoms with Crippen LogP contribution in [0.25, 0.3) is 10.2 Å². The minimum atomic E-state index is -0.493. The summed E-state index contributed by atoms with van der Waals surface area (Å²) >= 11 is 1.62. The number of nitrogens with zero attached hydrogens (tertiary/aromatic N) is 4. The molecule has 0 spiro atoms. The van der Waals surface area contributed by atoms with Gasteiger partial charge in [0.15, 0.2) is 5.76 Å². The van der Waals surface area contributed by atoms with Gasteiger partial charge in [-0.3, -0.25) is 19.7 Å². The summed E-state index contributed by atoms with van der Waals surface area (Å²) in [7, 11) is 0. The molecule has 1 amide bonds. The van der Waals surface area contributed by atoms with Crippen LogP contribution in [0.2, 0.25) is 0 Å². The number of aromatic nitrogens is 4. The number of amides is 1. The Bertz CT molecular complexity index is 1500. The van der Waals surface area contributed by atoms with Gasteiger partial charge < -0.3 is 4.42 Å². The monoisotopic (exact) mass is 493 g/mol. The van der Waals surface area contributed by atoms with Crippen molar-refractivity contribution in [3.8, 4) is 0 Å². The second-order valence-electron chi connectivity index (χ2n) is 10.6. The van der Waals surface area contributed by atoms with Crippen LogP contribution < -0.4 is 11.0 Å². The molecule has 9 heteroatoms. The maximum absolute atomic E-state index is 13.5. The van der Waals surface area contributed by atoms with Gasteiger partial charge in [-0.05, 0) is 75.1 Å². The average molecular weight is 494 g/mol. The van der Waals surface area contributed by atoms with E-state index in [1.54, 1.807) is 30.4 Å². The van der Waals surface area contributed by atoms with Crippen LogP contribution in [0.1, 0.15) is 71.2 Å². The van der Waals surface area contributed by atoms with Crippen LogP contribution >= 0.6 is 11.3 Å². The van der Waals surface area contributed by atoms with Gasteiger partial charge in [-0.15, -0.1) is 11.3 Å². The molecule has 0 saturated carbocycles. The molecular weight excluding hydrogens is 462 g/mol. The second-order valence-corrected chi connectivity index (χ2v) is 11.7. The summed E-state index contributed by atoms with van der Waals surface area (Å²) in [5.41, 5.74) is 5.72. The highest BCUT2D eigenvalue weighted by molar-refractivity contribution is 7.18. The Morgan fingerprint density at radius 2 is 2.03 bits per heavy atom. The molecule has 4 aromatic rings. The Morgan fingerprint density at radius 3 is 2.71 bits per heavy atom. The molecule has 0 aromatic carbocycles. The first kappa shape index (κ1) is 23.5. The van der Waals surface area contributed by atoms with E-state index in [4.69, 9.17) is 4.42 Å². The van der Waals surface area contributed by atoms with E-state index in [2.05, 4.69) is 36.3 Å².